The van der Waals surface area contributed by atoms with E-state index >= 15 is 0 Å². The average Bonchev–Trinajstić information content (AvgIpc) is 3.02. The molecule has 0 aliphatic heterocycles. The van der Waals surface area contributed by atoms with Crippen molar-refractivity contribution in [3.8, 4) is 0 Å². The summed E-state index contributed by atoms with van der Waals surface area (Å²) in [5.41, 5.74) is 0.797. The smallest absolute Gasteiger partial charge is 0.286 e. The van der Waals surface area contributed by atoms with Gasteiger partial charge in [0.15, 0.2) is 5.76 Å². The highest BCUT2D eigenvalue weighted by atomic mass is 16.3. The molecule has 2 aromatic heterocycles. The summed E-state index contributed by atoms with van der Waals surface area (Å²) < 4.78 is 4.95. The van der Waals surface area contributed by atoms with E-state index in [1.54, 1.807) is 18.3 Å². The van der Waals surface area contributed by atoms with E-state index in [0.29, 0.717) is 0 Å². The van der Waals surface area contributed by atoms with Crippen LogP contribution in [0.3, 0.4) is 0 Å². The Kier molecular flexibility index (Phi) is 5.09. The summed E-state index contributed by atoms with van der Waals surface area (Å²) in [6.07, 6.45) is 3.31. The molecule has 0 fully saturated rings. The number of furan rings is 1. The normalized spacial score (nSPS) is 11.7. The second kappa shape index (κ2) is 7.23. The zero-order chi connectivity index (χ0) is 15.1. The van der Waals surface area contributed by atoms with Gasteiger partial charge in [0, 0.05) is 19.2 Å². The summed E-state index contributed by atoms with van der Waals surface area (Å²) in [4.78, 5) is 27.5. The van der Waals surface area contributed by atoms with Crippen molar-refractivity contribution in [3.05, 3.63) is 54.2 Å². The Morgan fingerprint density at radius 3 is 2.81 bits per heavy atom. The minimum Gasteiger partial charge on any atom is -0.459 e. The highest BCUT2D eigenvalue weighted by Crippen LogP contribution is 2.07. The predicted molar refractivity (Wildman–Crippen MR) is 76.5 cm³/mol. The highest BCUT2D eigenvalue weighted by Gasteiger charge is 2.11. The maximum absolute atomic E-state index is 11.8. The Labute approximate surface area is 122 Å². The van der Waals surface area contributed by atoms with Crippen molar-refractivity contribution in [3.63, 3.8) is 0 Å². The van der Waals surface area contributed by atoms with E-state index < -0.39 is 0 Å². The fourth-order valence-corrected chi connectivity index (χ4v) is 1.80. The maximum atomic E-state index is 11.8. The largest absolute Gasteiger partial charge is 0.459 e. The number of carbonyl (C=O) groups excluding carboxylic acids is 2. The molecule has 0 radical (unpaired) electrons. The summed E-state index contributed by atoms with van der Waals surface area (Å²) in [7, 11) is 0. The minimum atomic E-state index is -0.328. The third kappa shape index (κ3) is 4.45. The first-order chi connectivity index (χ1) is 10.2. The molecular formula is C15H17N3O3. The summed E-state index contributed by atoms with van der Waals surface area (Å²) in [5, 5.41) is 5.45. The lowest BCUT2D eigenvalue weighted by Gasteiger charge is -2.13. The van der Waals surface area contributed by atoms with Gasteiger partial charge in [0.2, 0.25) is 5.91 Å². The standard InChI is InChI=1S/C15H17N3O3/c1-11(12-5-2-3-8-16-12)18-14(19)7-9-17-15(20)13-6-4-10-21-13/h2-6,8,10-11H,7,9H2,1H3,(H,17,20)(H,18,19). The first-order valence-corrected chi connectivity index (χ1v) is 6.69. The lowest BCUT2D eigenvalue weighted by molar-refractivity contribution is -0.121. The van der Waals surface area contributed by atoms with Gasteiger partial charge in [-0.3, -0.25) is 14.6 Å². The van der Waals surface area contributed by atoms with E-state index in [0.717, 1.165) is 5.69 Å². The van der Waals surface area contributed by atoms with Crippen LogP contribution in [-0.4, -0.2) is 23.3 Å². The Bertz CT molecular complexity index is 581. The third-order valence-corrected chi connectivity index (χ3v) is 2.89. The number of nitrogens with one attached hydrogen (secondary N) is 2. The zero-order valence-electron chi connectivity index (χ0n) is 11.7. The molecule has 6 heteroatoms. The Morgan fingerprint density at radius 2 is 2.14 bits per heavy atom. The van der Waals surface area contributed by atoms with Crippen LogP contribution in [0, 0.1) is 0 Å². The molecule has 21 heavy (non-hydrogen) atoms. The van der Waals surface area contributed by atoms with Crippen LogP contribution in [0.25, 0.3) is 0 Å². The minimum absolute atomic E-state index is 0.145. The van der Waals surface area contributed by atoms with Crippen molar-refractivity contribution < 1.29 is 14.0 Å². The van der Waals surface area contributed by atoms with E-state index in [1.165, 1.54) is 6.26 Å². The van der Waals surface area contributed by atoms with E-state index in [9.17, 15) is 9.59 Å². The van der Waals surface area contributed by atoms with E-state index in [2.05, 4.69) is 15.6 Å². The Balaban J connectivity index is 1.71. The fraction of sp³-hybridized carbons (Fsp3) is 0.267. The van der Waals surface area contributed by atoms with Crippen LogP contribution in [0.2, 0.25) is 0 Å². The number of rotatable bonds is 6. The molecule has 0 saturated heterocycles. The zero-order valence-corrected chi connectivity index (χ0v) is 11.7. The molecule has 6 nitrogen and oxygen atoms in total. The monoisotopic (exact) mass is 287 g/mol. The first kappa shape index (κ1) is 14.8. The van der Waals surface area contributed by atoms with Crippen LogP contribution in [-0.2, 0) is 4.79 Å². The molecular weight excluding hydrogens is 270 g/mol. The van der Waals surface area contributed by atoms with Gasteiger partial charge in [-0.15, -0.1) is 0 Å². The molecule has 1 atom stereocenters. The lowest BCUT2D eigenvalue weighted by atomic mass is 10.2. The van der Waals surface area contributed by atoms with E-state index in [-0.39, 0.29) is 36.6 Å². The topological polar surface area (TPSA) is 84.2 Å². The Hall–Kier alpha value is -2.63. The number of amides is 2. The van der Waals surface area contributed by atoms with Crippen LogP contribution in [0.4, 0.5) is 0 Å². The van der Waals surface area contributed by atoms with Crippen molar-refractivity contribution in [2.24, 2.45) is 0 Å². The van der Waals surface area contributed by atoms with Crippen molar-refractivity contribution in [1.82, 2.24) is 15.6 Å². The van der Waals surface area contributed by atoms with Crippen LogP contribution < -0.4 is 10.6 Å². The molecule has 2 aromatic rings. The number of hydrogen-bond donors (Lipinski definition) is 2. The predicted octanol–water partition coefficient (Wildman–Crippen LogP) is 1.67. The molecule has 110 valence electrons. The average molecular weight is 287 g/mol. The van der Waals surface area contributed by atoms with E-state index in [1.807, 2.05) is 25.1 Å². The summed E-state index contributed by atoms with van der Waals surface area (Å²) >= 11 is 0. The number of aromatic nitrogens is 1. The maximum Gasteiger partial charge on any atom is 0.286 e. The molecule has 1 unspecified atom stereocenters. The molecule has 0 bridgehead atoms. The number of carbonyl (C=O) groups is 2. The molecule has 0 aliphatic rings. The van der Waals surface area contributed by atoms with Crippen LogP contribution in [0.1, 0.15) is 35.6 Å². The van der Waals surface area contributed by atoms with Crippen LogP contribution in [0.15, 0.2) is 47.2 Å². The first-order valence-electron chi connectivity index (χ1n) is 6.69. The van der Waals surface area contributed by atoms with Crippen molar-refractivity contribution >= 4 is 11.8 Å². The lowest BCUT2D eigenvalue weighted by Crippen LogP contribution is -2.32. The number of pyridine rings is 1. The molecule has 0 aromatic carbocycles. The quantitative estimate of drug-likeness (QED) is 0.846. The molecule has 2 N–H and O–H groups in total. The van der Waals surface area contributed by atoms with Gasteiger partial charge in [0.25, 0.3) is 5.91 Å². The van der Waals surface area contributed by atoms with Crippen molar-refractivity contribution in [2.75, 3.05) is 6.54 Å². The van der Waals surface area contributed by atoms with Gasteiger partial charge in [-0.25, -0.2) is 0 Å². The van der Waals surface area contributed by atoms with Gasteiger partial charge in [0.1, 0.15) is 0 Å². The second-order valence-corrected chi connectivity index (χ2v) is 4.53. The summed E-state index contributed by atoms with van der Waals surface area (Å²) in [5.74, 6) is -0.240. The SMILES string of the molecule is CC(NC(=O)CCNC(=O)c1ccco1)c1ccccn1. The van der Waals surface area contributed by atoms with Crippen LogP contribution >= 0.6 is 0 Å². The second-order valence-electron chi connectivity index (χ2n) is 4.53. The molecule has 0 spiro atoms. The van der Waals surface area contributed by atoms with Gasteiger partial charge < -0.3 is 15.1 Å². The van der Waals surface area contributed by atoms with Crippen molar-refractivity contribution in [2.45, 2.75) is 19.4 Å². The van der Waals surface area contributed by atoms with Gasteiger partial charge in [-0.1, -0.05) is 6.07 Å². The molecule has 0 aliphatic carbocycles. The molecule has 0 saturated carbocycles. The van der Waals surface area contributed by atoms with Gasteiger partial charge in [0.05, 0.1) is 18.0 Å². The molecule has 2 amide bonds. The third-order valence-electron chi connectivity index (χ3n) is 2.89. The van der Waals surface area contributed by atoms with Crippen molar-refractivity contribution in [1.29, 1.82) is 0 Å². The number of hydrogen-bond acceptors (Lipinski definition) is 4. The fourth-order valence-electron chi connectivity index (χ4n) is 1.80. The number of nitrogens with zero attached hydrogens (tertiary/aromatic N) is 1. The van der Waals surface area contributed by atoms with Gasteiger partial charge in [-0.2, -0.15) is 0 Å². The molecule has 2 rings (SSSR count). The summed E-state index contributed by atoms with van der Waals surface area (Å²) in [6.45, 7) is 2.11. The highest BCUT2D eigenvalue weighted by molar-refractivity contribution is 5.91. The van der Waals surface area contributed by atoms with Gasteiger partial charge >= 0.3 is 0 Å². The van der Waals surface area contributed by atoms with E-state index in [4.69, 9.17) is 4.42 Å². The van der Waals surface area contributed by atoms with Crippen LogP contribution in [0.5, 0.6) is 0 Å². The Morgan fingerprint density at radius 1 is 1.29 bits per heavy atom. The van der Waals surface area contributed by atoms with Gasteiger partial charge in [-0.05, 0) is 31.2 Å². The summed E-state index contributed by atoms with van der Waals surface area (Å²) in [6, 6.07) is 8.58. The molecule has 2 heterocycles.